The van der Waals surface area contributed by atoms with Crippen LogP contribution in [0.1, 0.15) is 16.2 Å². The number of hydrogen-bond donors (Lipinski definition) is 0. The zero-order chi connectivity index (χ0) is 10.8. The smallest absolute Gasteiger partial charge is 0.275 e. The molecule has 72 valence electrons. The van der Waals surface area contributed by atoms with Gasteiger partial charge in [0.25, 0.3) is 5.78 Å². The topological polar surface area (TPSA) is 66.6 Å². The van der Waals surface area contributed by atoms with Gasteiger partial charge in [0.2, 0.25) is 0 Å². The average molecular weight is 197 g/mol. The van der Waals surface area contributed by atoms with E-state index in [9.17, 15) is 4.79 Å². The van der Waals surface area contributed by atoms with Gasteiger partial charge >= 0.3 is 0 Å². The number of hydrogen-bond acceptors (Lipinski definition) is 4. The molecule has 0 fully saturated rings. The molecule has 1 aromatic heterocycles. The fourth-order valence-electron chi connectivity index (χ4n) is 1.36. The van der Waals surface area contributed by atoms with E-state index in [0.717, 1.165) is 5.52 Å². The second-order valence-electron chi connectivity index (χ2n) is 3.09. The van der Waals surface area contributed by atoms with Crippen molar-refractivity contribution in [3.63, 3.8) is 0 Å². The molecule has 4 nitrogen and oxygen atoms in total. The predicted octanol–water partition coefficient (Wildman–Crippen LogP) is 1.64. The van der Waals surface area contributed by atoms with E-state index in [0.29, 0.717) is 11.2 Å². The van der Waals surface area contributed by atoms with Crippen LogP contribution in [0.5, 0.6) is 0 Å². The molecule has 0 saturated carbocycles. The maximum atomic E-state index is 11.2. The molecule has 0 aliphatic rings. The molecule has 15 heavy (non-hydrogen) atoms. The largest absolute Gasteiger partial charge is 0.282 e. The van der Waals surface area contributed by atoms with Gasteiger partial charge in [-0.3, -0.25) is 4.79 Å². The average Bonchev–Trinajstić information content (AvgIpc) is 2.27. The van der Waals surface area contributed by atoms with Crippen molar-refractivity contribution in [1.29, 1.82) is 5.26 Å². The highest BCUT2D eigenvalue weighted by atomic mass is 16.1. The van der Waals surface area contributed by atoms with E-state index in [4.69, 9.17) is 5.26 Å². The molecule has 0 bridgehead atoms. The van der Waals surface area contributed by atoms with Crippen LogP contribution in [0.2, 0.25) is 0 Å². The second-order valence-corrected chi connectivity index (χ2v) is 3.09. The van der Waals surface area contributed by atoms with E-state index >= 15 is 0 Å². The molecule has 0 atom stereocenters. The molecular weight excluding hydrogens is 190 g/mol. The summed E-state index contributed by atoms with van der Waals surface area (Å²) in [5, 5.41) is 8.52. The number of aromatic nitrogens is 2. The summed E-state index contributed by atoms with van der Waals surface area (Å²) >= 11 is 0. The summed E-state index contributed by atoms with van der Waals surface area (Å²) in [6.07, 6.45) is 0. The molecule has 0 N–H and O–H groups in total. The Labute approximate surface area is 86.2 Å². The van der Waals surface area contributed by atoms with Gasteiger partial charge in [-0.15, -0.1) is 0 Å². The van der Waals surface area contributed by atoms with E-state index in [-0.39, 0.29) is 5.69 Å². The van der Waals surface area contributed by atoms with E-state index < -0.39 is 5.78 Å². The predicted molar refractivity (Wildman–Crippen MR) is 54.2 cm³/mol. The third kappa shape index (κ3) is 1.55. The molecule has 0 aliphatic heterocycles. The second kappa shape index (κ2) is 3.46. The summed E-state index contributed by atoms with van der Waals surface area (Å²) in [6, 6.07) is 8.78. The van der Waals surface area contributed by atoms with E-state index in [2.05, 4.69) is 9.97 Å². The molecule has 0 amide bonds. The number of aryl methyl sites for hydroxylation is 1. The molecule has 1 heterocycles. The van der Waals surface area contributed by atoms with Crippen LogP contribution in [-0.4, -0.2) is 15.8 Å². The van der Waals surface area contributed by atoms with Crippen LogP contribution in [0, 0.1) is 18.3 Å². The number of carbonyl (C=O) groups is 1. The van der Waals surface area contributed by atoms with Gasteiger partial charge in [-0.05, 0) is 19.1 Å². The van der Waals surface area contributed by atoms with Crippen LogP contribution in [0.25, 0.3) is 11.0 Å². The van der Waals surface area contributed by atoms with Gasteiger partial charge in [-0.25, -0.2) is 9.97 Å². The molecule has 2 rings (SSSR count). The molecule has 0 radical (unpaired) electrons. The van der Waals surface area contributed by atoms with Crippen LogP contribution in [0.4, 0.5) is 0 Å². The van der Waals surface area contributed by atoms with Gasteiger partial charge in [-0.1, -0.05) is 12.1 Å². The van der Waals surface area contributed by atoms with Crippen molar-refractivity contribution in [3.8, 4) is 6.07 Å². The molecule has 2 aromatic rings. The lowest BCUT2D eigenvalue weighted by Gasteiger charge is -2.01. The number of para-hydroxylation sites is 2. The fourth-order valence-corrected chi connectivity index (χ4v) is 1.36. The van der Waals surface area contributed by atoms with Crippen LogP contribution in [0.15, 0.2) is 24.3 Å². The highest BCUT2D eigenvalue weighted by molar-refractivity contribution is 6.07. The first kappa shape index (κ1) is 9.28. The summed E-state index contributed by atoms with van der Waals surface area (Å²) in [7, 11) is 0. The normalized spacial score (nSPS) is 9.87. The minimum atomic E-state index is -0.647. The van der Waals surface area contributed by atoms with Crippen LogP contribution >= 0.6 is 0 Å². The molecule has 0 spiro atoms. The lowest BCUT2D eigenvalue weighted by atomic mass is 10.2. The Bertz CT molecular complexity index is 584. The monoisotopic (exact) mass is 197 g/mol. The van der Waals surface area contributed by atoms with Gasteiger partial charge in [-0.2, -0.15) is 5.26 Å². The maximum absolute atomic E-state index is 11.2. The Balaban J connectivity index is 2.74. The number of ketones is 1. The van der Waals surface area contributed by atoms with E-state index in [1.165, 1.54) is 0 Å². The number of fused-ring (bicyclic) bond motifs is 1. The number of nitrogens with zero attached hydrogens (tertiary/aromatic N) is 3. The summed E-state index contributed by atoms with van der Waals surface area (Å²) in [5.74, 6) is -0.647. The van der Waals surface area contributed by atoms with Crippen LogP contribution < -0.4 is 0 Å². The lowest BCUT2D eigenvalue weighted by Crippen LogP contribution is -2.04. The Morgan fingerprint density at radius 1 is 1.27 bits per heavy atom. The third-order valence-corrected chi connectivity index (χ3v) is 2.06. The maximum Gasteiger partial charge on any atom is 0.282 e. The first-order valence-electron chi connectivity index (χ1n) is 4.40. The molecule has 1 aromatic carbocycles. The molecule has 4 heteroatoms. The van der Waals surface area contributed by atoms with Gasteiger partial charge in [0.1, 0.15) is 11.8 Å². The lowest BCUT2D eigenvalue weighted by molar-refractivity contribution is 0.104. The summed E-state index contributed by atoms with van der Waals surface area (Å²) in [6.45, 7) is 1.67. The third-order valence-electron chi connectivity index (χ3n) is 2.06. The van der Waals surface area contributed by atoms with Crippen molar-refractivity contribution in [2.75, 3.05) is 0 Å². The molecule has 0 aliphatic carbocycles. The highest BCUT2D eigenvalue weighted by Crippen LogP contribution is 2.12. The van der Waals surface area contributed by atoms with Crippen molar-refractivity contribution < 1.29 is 4.79 Å². The van der Waals surface area contributed by atoms with E-state index in [1.54, 1.807) is 19.1 Å². The molecular formula is C11H7N3O. The van der Waals surface area contributed by atoms with Gasteiger partial charge < -0.3 is 0 Å². The van der Waals surface area contributed by atoms with Crippen LogP contribution in [-0.2, 0) is 0 Å². The Morgan fingerprint density at radius 3 is 2.47 bits per heavy atom. The van der Waals surface area contributed by atoms with Crippen molar-refractivity contribution in [1.82, 2.24) is 9.97 Å². The minimum Gasteiger partial charge on any atom is -0.275 e. The van der Waals surface area contributed by atoms with Gasteiger partial charge in [0.05, 0.1) is 16.7 Å². The Morgan fingerprint density at radius 2 is 1.87 bits per heavy atom. The van der Waals surface area contributed by atoms with Gasteiger partial charge in [0, 0.05) is 0 Å². The van der Waals surface area contributed by atoms with Crippen molar-refractivity contribution in [2.45, 2.75) is 6.92 Å². The van der Waals surface area contributed by atoms with Crippen molar-refractivity contribution in [3.05, 3.63) is 35.7 Å². The number of rotatable bonds is 1. The first-order chi connectivity index (χ1) is 7.22. The number of nitriles is 1. The summed E-state index contributed by atoms with van der Waals surface area (Å²) < 4.78 is 0. The number of benzene rings is 1. The quantitative estimate of drug-likeness (QED) is 0.515. The standard InChI is InChI=1S/C11H7N3O/c1-7-11(10(15)6-12)14-9-5-3-2-4-8(9)13-7/h2-5H,1H3. The summed E-state index contributed by atoms with van der Waals surface area (Å²) in [5.41, 5.74) is 1.97. The Kier molecular flexibility index (Phi) is 2.14. The van der Waals surface area contributed by atoms with Crippen molar-refractivity contribution >= 4 is 16.8 Å². The van der Waals surface area contributed by atoms with Crippen LogP contribution in [0.3, 0.4) is 0 Å². The Hall–Kier alpha value is -2.28. The van der Waals surface area contributed by atoms with Gasteiger partial charge in [0.15, 0.2) is 0 Å². The molecule has 0 unspecified atom stereocenters. The summed E-state index contributed by atoms with van der Waals surface area (Å²) in [4.78, 5) is 19.5. The first-order valence-corrected chi connectivity index (χ1v) is 4.40. The number of carbonyl (C=O) groups excluding carboxylic acids is 1. The van der Waals surface area contributed by atoms with E-state index in [1.807, 2.05) is 18.2 Å². The van der Waals surface area contributed by atoms with Crippen molar-refractivity contribution in [2.24, 2.45) is 0 Å². The zero-order valence-electron chi connectivity index (χ0n) is 8.06. The SMILES string of the molecule is Cc1nc2ccccc2nc1C(=O)C#N. The number of Topliss-reactive ketones (excluding diaryl/α,β-unsaturated/α-hetero) is 1. The zero-order valence-corrected chi connectivity index (χ0v) is 8.06. The fraction of sp³-hybridized carbons (Fsp3) is 0.0909. The molecule has 0 saturated heterocycles. The highest BCUT2D eigenvalue weighted by Gasteiger charge is 2.12. The minimum absolute atomic E-state index is 0.135.